The first kappa shape index (κ1) is 20.2. The number of oxime groups is 1. The average molecular weight is 387 g/mol. The zero-order valence-corrected chi connectivity index (χ0v) is 16.7. The van der Waals surface area contributed by atoms with Crippen LogP contribution >= 0.6 is 30.5 Å². The molecule has 0 aromatic rings. The van der Waals surface area contributed by atoms with Crippen LogP contribution in [0.25, 0.3) is 0 Å². The van der Waals surface area contributed by atoms with E-state index in [-0.39, 0.29) is 6.04 Å². The van der Waals surface area contributed by atoms with E-state index in [2.05, 4.69) is 5.16 Å². The number of hydrogen-bond donors (Lipinski definition) is 0. The highest BCUT2D eigenvalue weighted by molar-refractivity contribution is 8.15. The zero-order chi connectivity index (χ0) is 16.8. The van der Waals surface area contributed by atoms with Crippen molar-refractivity contribution in [3.63, 3.8) is 0 Å². The maximum Gasteiger partial charge on any atom is 0.446 e. The van der Waals surface area contributed by atoms with Gasteiger partial charge < -0.3 is 9.05 Å². The van der Waals surface area contributed by atoms with Crippen LogP contribution in [0, 0.1) is 0 Å². The van der Waals surface area contributed by atoms with Gasteiger partial charge in [-0.3, -0.25) is 4.84 Å². The number of rotatable bonds is 5. The average Bonchev–Trinajstić information content (AvgIpc) is 2.49. The van der Waals surface area contributed by atoms with Crippen molar-refractivity contribution in [1.29, 1.82) is 0 Å². The van der Waals surface area contributed by atoms with Gasteiger partial charge in [0.15, 0.2) is 0 Å². The second-order valence-corrected chi connectivity index (χ2v) is 10.3. The molecule has 1 rings (SSSR count). The van der Waals surface area contributed by atoms with Gasteiger partial charge in [0.05, 0.1) is 25.3 Å². The Bertz CT molecular complexity index is 454. The highest BCUT2D eigenvalue weighted by Crippen LogP contribution is 2.59. The Labute approximate surface area is 145 Å². The number of nitrogens with zero attached hydrogens (tertiary/aromatic N) is 3. The van der Waals surface area contributed by atoms with E-state index < -0.39 is 12.7 Å². The molecular weight excluding hydrogens is 365 g/mol. The standard InChI is InChI=1S/C11H22N3O4PS3/c1-9(2)14(19(20)16-7-6-8-17-19)22-13(4)11(15)18-12-10(3)21-5/h9H,6-8H2,1-5H3/b12-10-. The first-order valence-corrected chi connectivity index (χ1v) is 11.2. The molecular formula is C11H22N3O4PS3. The van der Waals surface area contributed by atoms with Gasteiger partial charge in [-0.15, -0.1) is 11.8 Å². The van der Waals surface area contributed by atoms with Crippen molar-refractivity contribution in [2.45, 2.75) is 33.2 Å². The summed E-state index contributed by atoms with van der Waals surface area (Å²) in [5, 5.41) is 4.39. The van der Waals surface area contributed by atoms with Crippen LogP contribution in [-0.2, 0) is 25.7 Å². The smallest absolute Gasteiger partial charge is 0.317 e. The maximum atomic E-state index is 11.9. The van der Waals surface area contributed by atoms with Crippen molar-refractivity contribution in [1.82, 2.24) is 8.38 Å². The summed E-state index contributed by atoms with van der Waals surface area (Å²) in [4.78, 5) is 16.8. The van der Waals surface area contributed by atoms with Gasteiger partial charge in [-0.2, -0.15) is 4.08 Å². The van der Waals surface area contributed by atoms with Crippen LogP contribution in [0.5, 0.6) is 0 Å². The van der Waals surface area contributed by atoms with Gasteiger partial charge in [-0.05, 0) is 45.3 Å². The molecule has 11 heteroatoms. The minimum Gasteiger partial charge on any atom is -0.317 e. The maximum absolute atomic E-state index is 11.9. The van der Waals surface area contributed by atoms with E-state index in [1.165, 1.54) is 16.1 Å². The van der Waals surface area contributed by atoms with Gasteiger partial charge in [0.25, 0.3) is 6.64 Å². The lowest BCUT2D eigenvalue weighted by Crippen LogP contribution is -2.32. The molecule has 0 spiro atoms. The largest absolute Gasteiger partial charge is 0.446 e. The van der Waals surface area contributed by atoms with Gasteiger partial charge in [0, 0.05) is 13.1 Å². The van der Waals surface area contributed by atoms with Crippen LogP contribution in [0.4, 0.5) is 4.79 Å². The Morgan fingerprint density at radius 1 is 1.41 bits per heavy atom. The molecule has 0 aliphatic carbocycles. The van der Waals surface area contributed by atoms with E-state index in [0.29, 0.717) is 18.3 Å². The van der Waals surface area contributed by atoms with Crippen molar-refractivity contribution in [3.05, 3.63) is 0 Å². The number of amides is 1. The second kappa shape index (κ2) is 9.46. The molecule has 0 aromatic carbocycles. The molecule has 7 nitrogen and oxygen atoms in total. The van der Waals surface area contributed by atoms with E-state index >= 15 is 0 Å². The molecule has 128 valence electrons. The molecule has 0 saturated carbocycles. The molecule has 0 atom stereocenters. The Morgan fingerprint density at radius 3 is 2.50 bits per heavy atom. The van der Waals surface area contributed by atoms with E-state index in [1.54, 1.807) is 14.0 Å². The van der Waals surface area contributed by atoms with Crippen molar-refractivity contribution in [2.24, 2.45) is 5.16 Å². The van der Waals surface area contributed by atoms with E-state index in [9.17, 15) is 4.79 Å². The third-order valence-electron chi connectivity index (χ3n) is 2.49. The fourth-order valence-corrected chi connectivity index (χ4v) is 5.84. The summed E-state index contributed by atoms with van der Waals surface area (Å²) in [6, 6.07) is 0.0422. The van der Waals surface area contributed by atoms with Crippen LogP contribution in [0.3, 0.4) is 0 Å². The lowest BCUT2D eigenvalue weighted by atomic mass is 10.4. The fraction of sp³-hybridized carbons (Fsp3) is 0.818. The Morgan fingerprint density at radius 2 is 2.00 bits per heavy atom. The van der Waals surface area contributed by atoms with E-state index in [1.807, 2.05) is 24.2 Å². The van der Waals surface area contributed by atoms with Gasteiger partial charge in [0.1, 0.15) is 5.04 Å². The second-order valence-electron chi connectivity index (χ2n) is 4.64. The number of thioether (sulfide) groups is 1. The van der Waals surface area contributed by atoms with Crippen LogP contribution in [0.2, 0.25) is 0 Å². The molecule has 0 N–H and O–H groups in total. The first-order valence-electron chi connectivity index (χ1n) is 6.70. The van der Waals surface area contributed by atoms with Crippen LogP contribution < -0.4 is 0 Å². The van der Waals surface area contributed by atoms with Gasteiger partial charge in [-0.25, -0.2) is 9.10 Å². The summed E-state index contributed by atoms with van der Waals surface area (Å²) in [5.41, 5.74) is 0. The van der Waals surface area contributed by atoms with Gasteiger partial charge in [-0.1, -0.05) is 5.16 Å². The van der Waals surface area contributed by atoms with E-state index in [0.717, 1.165) is 18.6 Å². The van der Waals surface area contributed by atoms with Crippen LogP contribution in [-0.4, -0.2) is 52.1 Å². The molecule has 1 amide bonds. The van der Waals surface area contributed by atoms with Crippen molar-refractivity contribution in [2.75, 3.05) is 26.5 Å². The third-order valence-corrected chi connectivity index (χ3v) is 8.44. The Hall–Kier alpha value is 0.170. The van der Waals surface area contributed by atoms with Crippen molar-refractivity contribution in [3.8, 4) is 0 Å². The highest BCUT2D eigenvalue weighted by Gasteiger charge is 2.36. The van der Waals surface area contributed by atoms with Crippen LogP contribution in [0.15, 0.2) is 5.16 Å². The Kier molecular flexibility index (Phi) is 8.69. The summed E-state index contributed by atoms with van der Waals surface area (Å²) < 4.78 is 14.5. The number of carbonyl (C=O) groups excluding carboxylic acids is 1. The quantitative estimate of drug-likeness (QED) is 0.177. The highest BCUT2D eigenvalue weighted by atomic mass is 32.5. The molecule has 0 aromatic heterocycles. The van der Waals surface area contributed by atoms with Gasteiger partial charge in [0.2, 0.25) is 0 Å². The summed E-state index contributed by atoms with van der Waals surface area (Å²) in [6.07, 6.45) is 2.10. The predicted molar refractivity (Wildman–Crippen MR) is 96.2 cm³/mol. The minimum atomic E-state index is -2.58. The normalized spacial score (nSPS) is 18.6. The topological polar surface area (TPSA) is 63.6 Å². The molecule has 0 radical (unpaired) electrons. The molecule has 1 aliphatic heterocycles. The lowest BCUT2D eigenvalue weighted by Gasteiger charge is -2.38. The van der Waals surface area contributed by atoms with Crippen LogP contribution in [0.1, 0.15) is 27.2 Å². The molecule has 1 aliphatic rings. The fourth-order valence-electron chi connectivity index (χ4n) is 1.35. The molecule has 1 heterocycles. The molecule has 0 unspecified atom stereocenters. The molecule has 1 saturated heterocycles. The summed E-state index contributed by atoms with van der Waals surface area (Å²) in [7, 11) is 1.60. The first-order chi connectivity index (χ1) is 10.3. The van der Waals surface area contributed by atoms with Gasteiger partial charge >= 0.3 is 6.09 Å². The SMILES string of the molecule is CS/C(C)=N\OC(=O)N(C)SN(C(C)C)P1(=S)OCCCO1. The number of carbonyl (C=O) groups is 1. The summed E-state index contributed by atoms with van der Waals surface area (Å²) in [6.45, 7) is 4.28. The monoisotopic (exact) mass is 387 g/mol. The zero-order valence-electron chi connectivity index (χ0n) is 13.3. The third kappa shape index (κ3) is 5.99. The molecule has 0 bridgehead atoms. The van der Waals surface area contributed by atoms with Crippen molar-refractivity contribution < 1.29 is 18.7 Å². The predicted octanol–water partition coefficient (Wildman–Crippen LogP) is 3.69. The Balaban J connectivity index is 2.70. The van der Waals surface area contributed by atoms with E-state index in [4.69, 9.17) is 25.7 Å². The number of hydrogen-bond acceptors (Lipinski definition) is 8. The summed E-state index contributed by atoms with van der Waals surface area (Å²) in [5.74, 6) is 0. The molecule has 1 fully saturated rings. The molecule has 22 heavy (non-hydrogen) atoms. The van der Waals surface area contributed by atoms with Crippen molar-refractivity contribution >= 4 is 53.5 Å². The summed E-state index contributed by atoms with van der Waals surface area (Å²) >= 11 is 8.09. The lowest BCUT2D eigenvalue weighted by molar-refractivity contribution is 0.135. The minimum absolute atomic E-state index is 0.0422.